The van der Waals surface area contributed by atoms with Gasteiger partial charge in [0, 0.05) is 13.2 Å². The van der Waals surface area contributed by atoms with Crippen LogP contribution in [0, 0.1) is 0 Å². The predicted octanol–water partition coefficient (Wildman–Crippen LogP) is 1.06. The predicted molar refractivity (Wildman–Crippen MR) is 84.6 cm³/mol. The summed E-state index contributed by atoms with van der Waals surface area (Å²) in [5.74, 6) is -0.847. The summed E-state index contributed by atoms with van der Waals surface area (Å²) in [6.45, 7) is 3.87. The molecule has 1 rings (SSSR count). The lowest BCUT2D eigenvalue weighted by Crippen LogP contribution is -2.24. The number of primary amides is 1. The van der Waals surface area contributed by atoms with Crippen LogP contribution in [-0.2, 0) is 14.6 Å². The largest absolute Gasteiger partial charge is 0.396 e. The highest BCUT2D eigenvalue weighted by Gasteiger charge is 2.28. The number of ether oxygens (including phenoxy) is 1. The van der Waals surface area contributed by atoms with Crippen LogP contribution in [0.5, 0.6) is 0 Å². The zero-order valence-corrected chi connectivity index (χ0v) is 13.9. The van der Waals surface area contributed by atoms with E-state index >= 15 is 0 Å². The highest BCUT2D eigenvalue weighted by Crippen LogP contribution is 2.40. The summed E-state index contributed by atoms with van der Waals surface area (Å²) >= 11 is 0.961. The Hall–Kier alpha value is -1.32. The van der Waals surface area contributed by atoms with Gasteiger partial charge in [-0.05, 0) is 6.42 Å². The maximum absolute atomic E-state index is 12.2. The summed E-state index contributed by atoms with van der Waals surface area (Å²) in [4.78, 5) is 11.4. The number of anilines is 2. The summed E-state index contributed by atoms with van der Waals surface area (Å²) in [6.07, 6.45) is 0.725. The van der Waals surface area contributed by atoms with Gasteiger partial charge in [-0.3, -0.25) is 4.79 Å². The van der Waals surface area contributed by atoms with E-state index in [0.717, 1.165) is 17.8 Å². The zero-order chi connectivity index (χ0) is 16.2. The Morgan fingerprint density at radius 2 is 2.05 bits per heavy atom. The molecule has 0 spiro atoms. The molecule has 0 aliphatic heterocycles. The van der Waals surface area contributed by atoms with Gasteiger partial charge in [0.15, 0.2) is 9.84 Å². The Morgan fingerprint density at radius 1 is 1.43 bits per heavy atom. The molecule has 9 heteroatoms. The van der Waals surface area contributed by atoms with Gasteiger partial charge in [-0.15, -0.1) is 11.3 Å². The Morgan fingerprint density at radius 3 is 2.48 bits per heavy atom. The van der Waals surface area contributed by atoms with Crippen LogP contribution in [0.15, 0.2) is 4.90 Å². The first-order chi connectivity index (χ1) is 9.78. The van der Waals surface area contributed by atoms with Gasteiger partial charge in [0.1, 0.15) is 14.8 Å². The minimum Gasteiger partial charge on any atom is -0.396 e. The van der Waals surface area contributed by atoms with Crippen molar-refractivity contribution in [2.45, 2.75) is 31.2 Å². The summed E-state index contributed by atoms with van der Waals surface area (Å²) in [6, 6.07) is -0.0837. The molecule has 7 nitrogen and oxygen atoms in total. The average molecular weight is 335 g/mol. The molecule has 1 aromatic heterocycles. The van der Waals surface area contributed by atoms with Crippen LogP contribution in [0.25, 0.3) is 0 Å². The minimum absolute atomic E-state index is 0.0432. The summed E-state index contributed by atoms with van der Waals surface area (Å²) < 4.78 is 29.5. The number of carbonyl (C=O) groups excluding carboxylic acids is 1. The molecule has 1 aromatic rings. The van der Waals surface area contributed by atoms with Gasteiger partial charge < -0.3 is 21.5 Å². The van der Waals surface area contributed by atoms with Crippen LogP contribution in [0.4, 0.5) is 10.7 Å². The molecule has 1 amide bonds. The van der Waals surface area contributed by atoms with Crippen LogP contribution < -0.4 is 16.8 Å². The number of nitrogens with one attached hydrogen (secondary N) is 1. The van der Waals surface area contributed by atoms with Crippen molar-refractivity contribution in [3.63, 3.8) is 0 Å². The Kier molecular flexibility index (Phi) is 5.99. The topological polar surface area (TPSA) is 125 Å². The van der Waals surface area contributed by atoms with Gasteiger partial charge >= 0.3 is 0 Å². The Labute approximate surface area is 128 Å². The third kappa shape index (κ3) is 3.86. The van der Waals surface area contributed by atoms with Crippen LogP contribution in [0.3, 0.4) is 0 Å². The molecule has 0 saturated carbocycles. The maximum Gasteiger partial charge on any atom is 0.261 e. The third-order valence-electron chi connectivity index (χ3n) is 3.01. The number of nitrogens with two attached hydrogens (primary N) is 2. The minimum atomic E-state index is -3.57. The number of methoxy groups -OCH3 is 1. The van der Waals surface area contributed by atoms with Crippen molar-refractivity contribution in [3.05, 3.63) is 4.88 Å². The molecule has 120 valence electrons. The molecule has 0 aliphatic carbocycles. The number of nitrogen functional groups attached to an aromatic ring is 1. The van der Waals surface area contributed by atoms with Crippen molar-refractivity contribution < 1.29 is 17.9 Å². The van der Waals surface area contributed by atoms with Crippen LogP contribution >= 0.6 is 11.3 Å². The molecule has 0 aromatic carbocycles. The highest BCUT2D eigenvalue weighted by molar-refractivity contribution is 7.91. The standard InChI is InChI=1S/C12H21N3O4S2/c1-4-7(6-19-3)15-12-10(21(17,18)5-2)8(13)9(20-12)11(14)16/h7,15H,4-6,13H2,1-3H3,(H2,14,16). The Balaban J connectivity index is 3.36. The van der Waals surface area contributed by atoms with E-state index in [4.69, 9.17) is 16.2 Å². The van der Waals surface area contributed by atoms with Gasteiger partial charge in [-0.2, -0.15) is 0 Å². The van der Waals surface area contributed by atoms with E-state index in [9.17, 15) is 13.2 Å². The number of rotatable bonds is 8. The normalized spacial score (nSPS) is 13.1. The fraction of sp³-hybridized carbons (Fsp3) is 0.583. The number of carbonyl (C=O) groups is 1. The third-order valence-corrected chi connectivity index (χ3v) is 6.10. The maximum atomic E-state index is 12.2. The molecule has 0 radical (unpaired) electrons. The lowest BCUT2D eigenvalue weighted by Gasteiger charge is -2.17. The summed E-state index contributed by atoms with van der Waals surface area (Å²) in [7, 11) is -2.01. The quantitative estimate of drug-likeness (QED) is 0.652. The van der Waals surface area contributed by atoms with Gasteiger partial charge in [0.05, 0.1) is 18.0 Å². The van der Waals surface area contributed by atoms with E-state index in [0.29, 0.717) is 11.6 Å². The van der Waals surface area contributed by atoms with E-state index in [1.54, 1.807) is 7.11 Å². The lowest BCUT2D eigenvalue weighted by molar-refractivity contribution is 0.100. The molecule has 0 fully saturated rings. The Bertz CT molecular complexity index is 610. The molecule has 1 unspecified atom stereocenters. The second-order valence-electron chi connectivity index (χ2n) is 4.48. The first kappa shape index (κ1) is 17.7. The number of amides is 1. The summed E-state index contributed by atoms with van der Waals surface area (Å²) in [5.41, 5.74) is 11.0. The van der Waals surface area contributed by atoms with E-state index in [1.165, 1.54) is 6.92 Å². The fourth-order valence-corrected chi connectivity index (χ4v) is 4.39. The molecule has 0 saturated heterocycles. The zero-order valence-electron chi connectivity index (χ0n) is 12.3. The molecular weight excluding hydrogens is 314 g/mol. The van der Waals surface area contributed by atoms with Crippen molar-refractivity contribution in [3.8, 4) is 0 Å². The van der Waals surface area contributed by atoms with Gasteiger partial charge in [-0.25, -0.2) is 8.42 Å². The van der Waals surface area contributed by atoms with Gasteiger partial charge in [0.25, 0.3) is 5.91 Å². The lowest BCUT2D eigenvalue weighted by atomic mass is 10.2. The average Bonchev–Trinajstić information content (AvgIpc) is 2.75. The molecule has 1 heterocycles. The first-order valence-electron chi connectivity index (χ1n) is 6.48. The number of thiophene rings is 1. The number of hydrogen-bond acceptors (Lipinski definition) is 7. The first-order valence-corrected chi connectivity index (χ1v) is 8.95. The molecular formula is C12H21N3O4S2. The van der Waals surface area contributed by atoms with E-state index in [-0.39, 0.29) is 27.3 Å². The van der Waals surface area contributed by atoms with Gasteiger partial charge in [0.2, 0.25) is 0 Å². The molecule has 5 N–H and O–H groups in total. The van der Waals surface area contributed by atoms with Crippen molar-refractivity contribution in [2.24, 2.45) is 5.73 Å². The van der Waals surface area contributed by atoms with E-state index in [2.05, 4.69) is 5.32 Å². The molecule has 1 atom stereocenters. The summed E-state index contributed by atoms with van der Waals surface area (Å²) in [5, 5.41) is 3.42. The fourth-order valence-electron chi connectivity index (χ4n) is 1.81. The SMILES string of the molecule is CCC(COC)Nc1sc(C(N)=O)c(N)c1S(=O)(=O)CC. The van der Waals surface area contributed by atoms with E-state index < -0.39 is 15.7 Å². The number of sulfone groups is 1. The van der Waals surface area contributed by atoms with E-state index in [1.807, 2.05) is 6.92 Å². The second kappa shape index (κ2) is 7.10. The van der Waals surface area contributed by atoms with Crippen molar-refractivity contribution >= 4 is 37.8 Å². The number of hydrogen-bond donors (Lipinski definition) is 3. The second-order valence-corrected chi connectivity index (χ2v) is 7.71. The van der Waals surface area contributed by atoms with Crippen LogP contribution in [0.1, 0.15) is 29.9 Å². The van der Waals surface area contributed by atoms with Crippen molar-refractivity contribution in [1.82, 2.24) is 0 Å². The van der Waals surface area contributed by atoms with Crippen molar-refractivity contribution in [2.75, 3.05) is 30.5 Å². The van der Waals surface area contributed by atoms with Crippen LogP contribution in [0.2, 0.25) is 0 Å². The monoisotopic (exact) mass is 335 g/mol. The van der Waals surface area contributed by atoms with Crippen LogP contribution in [-0.4, -0.2) is 39.8 Å². The molecule has 21 heavy (non-hydrogen) atoms. The molecule has 0 aliphatic rings. The highest BCUT2D eigenvalue weighted by atomic mass is 32.2. The van der Waals surface area contributed by atoms with Crippen molar-refractivity contribution in [1.29, 1.82) is 0 Å². The van der Waals surface area contributed by atoms with Gasteiger partial charge in [-0.1, -0.05) is 13.8 Å². The molecule has 0 bridgehead atoms. The smallest absolute Gasteiger partial charge is 0.261 e.